The van der Waals surface area contributed by atoms with E-state index >= 15 is 0 Å². The van der Waals surface area contributed by atoms with Crippen molar-refractivity contribution in [3.63, 3.8) is 0 Å². The molecule has 0 aromatic heterocycles. The van der Waals surface area contributed by atoms with Crippen molar-refractivity contribution in [2.24, 2.45) is 5.92 Å². The van der Waals surface area contributed by atoms with Crippen molar-refractivity contribution in [1.82, 2.24) is 4.90 Å². The molecule has 4 nitrogen and oxygen atoms in total. The predicted octanol–water partition coefficient (Wildman–Crippen LogP) is 3.09. The van der Waals surface area contributed by atoms with E-state index in [1.54, 1.807) is 6.92 Å². The second-order valence-electron chi connectivity index (χ2n) is 6.46. The average molecular weight is 289 g/mol. The Labute approximate surface area is 127 Å². The number of nitrogens with zero attached hydrogens (tertiary/aromatic N) is 1. The SMILES string of the molecule is CC(=O)Nc1cc(NC2CC(C)N(C)CC2C)ccc1C. The van der Waals surface area contributed by atoms with Gasteiger partial charge in [0.15, 0.2) is 0 Å². The van der Waals surface area contributed by atoms with Crippen LogP contribution in [0.15, 0.2) is 18.2 Å². The van der Waals surface area contributed by atoms with E-state index in [1.807, 2.05) is 13.0 Å². The van der Waals surface area contributed by atoms with Crippen LogP contribution in [0.4, 0.5) is 11.4 Å². The van der Waals surface area contributed by atoms with Crippen LogP contribution in [-0.2, 0) is 4.79 Å². The number of amides is 1. The second-order valence-corrected chi connectivity index (χ2v) is 6.46. The molecule has 116 valence electrons. The fourth-order valence-corrected chi connectivity index (χ4v) is 2.99. The van der Waals surface area contributed by atoms with Gasteiger partial charge >= 0.3 is 0 Å². The van der Waals surface area contributed by atoms with Crippen LogP contribution in [0.5, 0.6) is 0 Å². The third-order valence-electron chi connectivity index (χ3n) is 4.51. The van der Waals surface area contributed by atoms with E-state index in [0.29, 0.717) is 18.0 Å². The Kier molecular flexibility index (Phi) is 4.88. The van der Waals surface area contributed by atoms with Gasteiger partial charge in [-0.2, -0.15) is 0 Å². The van der Waals surface area contributed by atoms with E-state index in [1.165, 1.54) is 0 Å². The maximum Gasteiger partial charge on any atom is 0.221 e. The Morgan fingerprint density at radius 1 is 1.33 bits per heavy atom. The summed E-state index contributed by atoms with van der Waals surface area (Å²) >= 11 is 0. The van der Waals surface area contributed by atoms with Crippen molar-refractivity contribution in [3.8, 4) is 0 Å². The summed E-state index contributed by atoms with van der Waals surface area (Å²) in [5.41, 5.74) is 3.06. The second kappa shape index (κ2) is 6.48. The average Bonchev–Trinajstić information content (AvgIpc) is 2.39. The Morgan fingerprint density at radius 2 is 2.05 bits per heavy atom. The number of rotatable bonds is 3. The van der Waals surface area contributed by atoms with Crippen LogP contribution >= 0.6 is 0 Å². The molecule has 3 atom stereocenters. The quantitative estimate of drug-likeness (QED) is 0.898. The highest BCUT2D eigenvalue weighted by molar-refractivity contribution is 5.90. The first kappa shape index (κ1) is 15.8. The fourth-order valence-electron chi connectivity index (χ4n) is 2.99. The molecule has 1 aromatic carbocycles. The van der Waals surface area contributed by atoms with Gasteiger partial charge in [-0.25, -0.2) is 0 Å². The fraction of sp³-hybridized carbons (Fsp3) is 0.588. The van der Waals surface area contributed by atoms with Gasteiger partial charge in [-0.15, -0.1) is 0 Å². The van der Waals surface area contributed by atoms with Gasteiger partial charge in [0.1, 0.15) is 0 Å². The number of hydrogen-bond acceptors (Lipinski definition) is 3. The molecule has 21 heavy (non-hydrogen) atoms. The summed E-state index contributed by atoms with van der Waals surface area (Å²) in [4.78, 5) is 13.7. The van der Waals surface area contributed by atoms with Crippen LogP contribution in [0.1, 0.15) is 32.8 Å². The highest BCUT2D eigenvalue weighted by Crippen LogP contribution is 2.26. The number of carbonyl (C=O) groups is 1. The number of likely N-dealkylation sites (tertiary alicyclic amines) is 1. The van der Waals surface area contributed by atoms with Crippen molar-refractivity contribution in [2.45, 2.75) is 46.2 Å². The Morgan fingerprint density at radius 3 is 2.71 bits per heavy atom. The molecule has 4 heteroatoms. The third kappa shape index (κ3) is 3.97. The Balaban J connectivity index is 2.10. The predicted molar refractivity (Wildman–Crippen MR) is 88.8 cm³/mol. The topological polar surface area (TPSA) is 44.4 Å². The van der Waals surface area contributed by atoms with E-state index in [0.717, 1.165) is 29.9 Å². The zero-order valence-electron chi connectivity index (χ0n) is 13.7. The van der Waals surface area contributed by atoms with Crippen LogP contribution in [0, 0.1) is 12.8 Å². The van der Waals surface area contributed by atoms with Gasteiger partial charge in [0.2, 0.25) is 5.91 Å². The van der Waals surface area contributed by atoms with E-state index in [2.05, 4.69) is 48.6 Å². The number of anilines is 2. The highest BCUT2D eigenvalue weighted by atomic mass is 16.1. The largest absolute Gasteiger partial charge is 0.382 e. The van der Waals surface area contributed by atoms with Gasteiger partial charge < -0.3 is 15.5 Å². The summed E-state index contributed by atoms with van der Waals surface area (Å²) in [6, 6.07) is 7.25. The molecule has 1 amide bonds. The van der Waals surface area contributed by atoms with Gasteiger partial charge in [-0.05, 0) is 50.9 Å². The molecule has 0 spiro atoms. The minimum Gasteiger partial charge on any atom is -0.382 e. The zero-order valence-corrected chi connectivity index (χ0v) is 13.7. The van der Waals surface area contributed by atoms with Crippen LogP contribution in [-0.4, -0.2) is 36.5 Å². The number of hydrogen-bond donors (Lipinski definition) is 2. The lowest BCUT2D eigenvalue weighted by Crippen LogP contribution is -2.48. The molecule has 1 aliphatic heterocycles. The first-order chi connectivity index (χ1) is 9.86. The summed E-state index contributed by atoms with van der Waals surface area (Å²) in [5.74, 6) is 0.577. The van der Waals surface area contributed by atoms with Gasteiger partial charge in [0.25, 0.3) is 0 Å². The van der Waals surface area contributed by atoms with Crippen LogP contribution in [0.3, 0.4) is 0 Å². The zero-order chi connectivity index (χ0) is 15.6. The molecule has 0 saturated carbocycles. The standard InChI is InChI=1S/C17H27N3O/c1-11-6-7-15(9-17(11)18-14(4)21)19-16-8-13(3)20(5)10-12(16)2/h6-7,9,12-13,16,19H,8,10H2,1-5H3,(H,18,21). The maximum absolute atomic E-state index is 11.3. The number of aryl methyl sites for hydroxylation is 1. The van der Waals surface area contributed by atoms with E-state index in [-0.39, 0.29) is 5.91 Å². The number of carbonyl (C=O) groups excluding carboxylic acids is 1. The summed E-state index contributed by atoms with van der Waals surface area (Å²) in [7, 11) is 2.19. The molecule has 2 rings (SSSR count). The first-order valence-corrected chi connectivity index (χ1v) is 7.72. The minimum absolute atomic E-state index is 0.0310. The monoisotopic (exact) mass is 289 g/mol. The first-order valence-electron chi connectivity index (χ1n) is 7.72. The Hall–Kier alpha value is -1.55. The van der Waals surface area contributed by atoms with Gasteiger partial charge in [0, 0.05) is 36.9 Å². The minimum atomic E-state index is -0.0310. The summed E-state index contributed by atoms with van der Waals surface area (Å²) in [6.45, 7) is 9.24. The van der Waals surface area contributed by atoms with Crippen LogP contribution in [0.25, 0.3) is 0 Å². The molecule has 0 aliphatic carbocycles. The molecule has 3 unspecified atom stereocenters. The third-order valence-corrected chi connectivity index (χ3v) is 4.51. The van der Waals surface area contributed by atoms with Gasteiger partial charge in [0.05, 0.1) is 0 Å². The normalized spacial score (nSPS) is 26.4. The molecule has 1 heterocycles. The van der Waals surface area contributed by atoms with Gasteiger partial charge in [-0.3, -0.25) is 4.79 Å². The molecule has 0 radical (unpaired) electrons. The number of benzene rings is 1. The number of nitrogens with one attached hydrogen (secondary N) is 2. The van der Waals surface area contributed by atoms with Gasteiger partial charge in [-0.1, -0.05) is 13.0 Å². The number of piperidine rings is 1. The van der Waals surface area contributed by atoms with Crippen LogP contribution < -0.4 is 10.6 Å². The van der Waals surface area contributed by atoms with Crippen molar-refractivity contribution < 1.29 is 4.79 Å². The van der Waals surface area contributed by atoms with E-state index in [9.17, 15) is 4.79 Å². The molecular formula is C17H27N3O. The highest BCUT2D eigenvalue weighted by Gasteiger charge is 2.28. The molecule has 2 N–H and O–H groups in total. The molecule has 1 aromatic rings. The van der Waals surface area contributed by atoms with Crippen LogP contribution in [0.2, 0.25) is 0 Å². The lowest BCUT2D eigenvalue weighted by atomic mass is 9.89. The molecular weight excluding hydrogens is 262 g/mol. The molecule has 1 aliphatic rings. The maximum atomic E-state index is 11.3. The summed E-state index contributed by atoms with van der Waals surface area (Å²) in [6.07, 6.45) is 1.14. The van der Waals surface area contributed by atoms with E-state index < -0.39 is 0 Å². The lowest BCUT2D eigenvalue weighted by Gasteiger charge is -2.40. The summed E-state index contributed by atoms with van der Waals surface area (Å²) < 4.78 is 0. The molecule has 1 fully saturated rings. The molecule has 0 bridgehead atoms. The van der Waals surface area contributed by atoms with Crippen molar-refractivity contribution >= 4 is 17.3 Å². The van der Waals surface area contributed by atoms with Crippen molar-refractivity contribution in [1.29, 1.82) is 0 Å². The smallest absolute Gasteiger partial charge is 0.221 e. The Bertz CT molecular complexity index is 515. The lowest BCUT2D eigenvalue weighted by molar-refractivity contribution is -0.114. The summed E-state index contributed by atoms with van der Waals surface area (Å²) in [5, 5.41) is 6.54. The van der Waals surface area contributed by atoms with Crippen molar-refractivity contribution in [2.75, 3.05) is 24.2 Å². The van der Waals surface area contributed by atoms with E-state index in [4.69, 9.17) is 0 Å². The molecule has 1 saturated heterocycles. The van der Waals surface area contributed by atoms with Crippen molar-refractivity contribution in [3.05, 3.63) is 23.8 Å².